The minimum Gasteiger partial charge on any atom is -0.279 e. The van der Waals surface area contributed by atoms with Gasteiger partial charge in [-0.2, -0.15) is 0 Å². The standard InChI is InChI=1S/C16H18ClN.ClH/c1-14(17)18(12-15-8-4-2-5-9-15)13-16-10-6-3-7-11-16;/h2-11,14H,12-13H2,1H3;1H. The number of hydrogen-bond donors (Lipinski definition) is 0. The van der Waals surface area contributed by atoms with E-state index in [1.165, 1.54) is 11.1 Å². The smallest absolute Gasteiger partial charge is 0.0827 e. The van der Waals surface area contributed by atoms with Crippen LogP contribution in [0.5, 0.6) is 0 Å². The van der Waals surface area contributed by atoms with Gasteiger partial charge in [-0.1, -0.05) is 60.7 Å². The molecular formula is C16H19Cl2N. The van der Waals surface area contributed by atoms with Crippen molar-refractivity contribution >= 4 is 24.0 Å². The molecule has 102 valence electrons. The molecule has 2 aromatic carbocycles. The molecule has 1 atom stereocenters. The van der Waals surface area contributed by atoms with E-state index in [-0.39, 0.29) is 17.9 Å². The molecule has 3 heteroatoms. The van der Waals surface area contributed by atoms with E-state index in [1.54, 1.807) is 0 Å². The molecule has 0 aromatic heterocycles. The van der Waals surface area contributed by atoms with Crippen LogP contribution in [0.3, 0.4) is 0 Å². The number of hydrogen-bond acceptors (Lipinski definition) is 1. The average molecular weight is 296 g/mol. The zero-order valence-corrected chi connectivity index (χ0v) is 12.6. The van der Waals surface area contributed by atoms with Crippen molar-refractivity contribution in [3.63, 3.8) is 0 Å². The van der Waals surface area contributed by atoms with Crippen molar-refractivity contribution < 1.29 is 0 Å². The lowest BCUT2D eigenvalue weighted by atomic mass is 10.1. The minimum atomic E-state index is 0. The van der Waals surface area contributed by atoms with Gasteiger partial charge >= 0.3 is 0 Å². The van der Waals surface area contributed by atoms with Gasteiger partial charge in [0.15, 0.2) is 0 Å². The Morgan fingerprint density at radius 1 is 0.842 bits per heavy atom. The molecule has 19 heavy (non-hydrogen) atoms. The molecule has 2 rings (SSSR count). The van der Waals surface area contributed by atoms with Crippen LogP contribution in [0.1, 0.15) is 18.1 Å². The van der Waals surface area contributed by atoms with Crippen LogP contribution in [0.2, 0.25) is 0 Å². The van der Waals surface area contributed by atoms with Crippen LogP contribution in [0.15, 0.2) is 60.7 Å². The topological polar surface area (TPSA) is 3.24 Å². The first-order valence-corrected chi connectivity index (χ1v) is 6.65. The van der Waals surface area contributed by atoms with Crippen molar-refractivity contribution in [2.24, 2.45) is 0 Å². The van der Waals surface area contributed by atoms with Gasteiger partial charge in [-0.25, -0.2) is 0 Å². The third-order valence-corrected chi connectivity index (χ3v) is 3.24. The molecule has 0 heterocycles. The Morgan fingerprint density at radius 2 is 1.21 bits per heavy atom. The van der Waals surface area contributed by atoms with Crippen LogP contribution >= 0.6 is 24.0 Å². The molecule has 0 amide bonds. The van der Waals surface area contributed by atoms with E-state index in [4.69, 9.17) is 11.6 Å². The van der Waals surface area contributed by atoms with Crippen molar-refractivity contribution in [3.8, 4) is 0 Å². The summed E-state index contributed by atoms with van der Waals surface area (Å²) in [5.74, 6) is 0. The van der Waals surface area contributed by atoms with E-state index in [2.05, 4.69) is 53.4 Å². The summed E-state index contributed by atoms with van der Waals surface area (Å²) < 4.78 is 0. The number of benzene rings is 2. The lowest BCUT2D eigenvalue weighted by Crippen LogP contribution is -2.28. The van der Waals surface area contributed by atoms with Crippen LogP contribution in [0.4, 0.5) is 0 Å². The highest BCUT2D eigenvalue weighted by Gasteiger charge is 2.11. The van der Waals surface area contributed by atoms with Gasteiger partial charge in [0, 0.05) is 13.1 Å². The molecule has 0 saturated carbocycles. The lowest BCUT2D eigenvalue weighted by Gasteiger charge is -2.25. The Hall–Kier alpha value is -1.02. The highest BCUT2D eigenvalue weighted by Crippen LogP contribution is 2.15. The van der Waals surface area contributed by atoms with Crippen LogP contribution in [0, 0.1) is 0 Å². The second-order valence-corrected chi connectivity index (χ2v) is 5.08. The van der Waals surface area contributed by atoms with Crippen molar-refractivity contribution in [2.45, 2.75) is 25.5 Å². The molecule has 0 aliphatic carbocycles. The highest BCUT2D eigenvalue weighted by atomic mass is 35.5. The van der Waals surface area contributed by atoms with E-state index < -0.39 is 0 Å². The van der Waals surface area contributed by atoms with Gasteiger partial charge in [0.1, 0.15) is 0 Å². The van der Waals surface area contributed by atoms with E-state index in [0.29, 0.717) is 0 Å². The highest BCUT2D eigenvalue weighted by molar-refractivity contribution is 6.20. The summed E-state index contributed by atoms with van der Waals surface area (Å²) in [7, 11) is 0. The van der Waals surface area contributed by atoms with Crippen LogP contribution in [0.25, 0.3) is 0 Å². The first-order chi connectivity index (χ1) is 8.75. The predicted octanol–water partition coefficient (Wildman–Crippen LogP) is 4.70. The average Bonchev–Trinajstić information content (AvgIpc) is 2.40. The maximum Gasteiger partial charge on any atom is 0.0827 e. The van der Waals surface area contributed by atoms with Crippen molar-refractivity contribution in [1.82, 2.24) is 4.90 Å². The third kappa shape index (κ3) is 5.23. The van der Waals surface area contributed by atoms with E-state index in [0.717, 1.165) is 13.1 Å². The Balaban J connectivity index is 0.00000180. The van der Waals surface area contributed by atoms with Gasteiger partial charge < -0.3 is 0 Å². The second kappa shape index (κ2) is 8.21. The van der Waals surface area contributed by atoms with Gasteiger partial charge in [0.25, 0.3) is 0 Å². The number of halogens is 2. The van der Waals surface area contributed by atoms with Crippen molar-refractivity contribution in [2.75, 3.05) is 0 Å². The number of alkyl halides is 1. The number of rotatable bonds is 5. The molecule has 0 spiro atoms. The van der Waals surface area contributed by atoms with E-state index >= 15 is 0 Å². The Labute approximate surface area is 126 Å². The van der Waals surface area contributed by atoms with E-state index in [1.807, 2.05) is 19.1 Å². The van der Waals surface area contributed by atoms with Gasteiger partial charge in [-0.15, -0.1) is 24.0 Å². The predicted molar refractivity (Wildman–Crippen MR) is 84.7 cm³/mol. The van der Waals surface area contributed by atoms with Gasteiger partial charge in [-0.3, -0.25) is 4.90 Å². The van der Waals surface area contributed by atoms with E-state index in [9.17, 15) is 0 Å². The molecule has 0 aliphatic rings. The fourth-order valence-electron chi connectivity index (χ4n) is 1.94. The molecule has 1 unspecified atom stereocenters. The fourth-order valence-corrected chi connectivity index (χ4v) is 2.08. The first-order valence-electron chi connectivity index (χ1n) is 6.21. The maximum atomic E-state index is 6.27. The third-order valence-electron chi connectivity index (χ3n) is 2.96. The second-order valence-electron chi connectivity index (χ2n) is 4.45. The maximum absolute atomic E-state index is 6.27. The summed E-state index contributed by atoms with van der Waals surface area (Å²) in [6.07, 6.45) is 0. The zero-order chi connectivity index (χ0) is 12.8. The first kappa shape index (κ1) is 16.0. The van der Waals surface area contributed by atoms with Crippen molar-refractivity contribution in [3.05, 3.63) is 71.8 Å². The number of nitrogens with zero attached hydrogens (tertiary/aromatic N) is 1. The fraction of sp³-hybridized carbons (Fsp3) is 0.250. The SMILES string of the molecule is CC(Cl)N(Cc1ccccc1)Cc1ccccc1.Cl. The molecule has 2 aromatic rings. The summed E-state index contributed by atoms with van der Waals surface area (Å²) in [6, 6.07) is 20.9. The molecule has 0 N–H and O–H groups in total. The van der Waals surface area contributed by atoms with Crippen LogP contribution in [-0.2, 0) is 13.1 Å². The molecule has 0 radical (unpaired) electrons. The molecular weight excluding hydrogens is 277 g/mol. The minimum absolute atomic E-state index is 0. The summed E-state index contributed by atoms with van der Waals surface area (Å²) in [5.41, 5.74) is 2.60. The summed E-state index contributed by atoms with van der Waals surface area (Å²) in [4.78, 5) is 2.26. The monoisotopic (exact) mass is 295 g/mol. The molecule has 0 aliphatic heterocycles. The Morgan fingerprint density at radius 3 is 1.53 bits per heavy atom. The van der Waals surface area contributed by atoms with Crippen LogP contribution in [-0.4, -0.2) is 10.4 Å². The molecule has 0 saturated heterocycles. The Kier molecular flexibility index (Phi) is 6.93. The van der Waals surface area contributed by atoms with Gasteiger partial charge in [-0.05, 0) is 18.1 Å². The molecule has 1 nitrogen and oxygen atoms in total. The lowest BCUT2D eigenvalue weighted by molar-refractivity contribution is 0.245. The van der Waals surface area contributed by atoms with Crippen molar-refractivity contribution in [1.29, 1.82) is 0 Å². The van der Waals surface area contributed by atoms with Gasteiger partial charge in [0.05, 0.1) is 5.50 Å². The van der Waals surface area contributed by atoms with Gasteiger partial charge in [0.2, 0.25) is 0 Å². The summed E-state index contributed by atoms with van der Waals surface area (Å²) >= 11 is 6.27. The molecule has 0 fully saturated rings. The normalized spacial score (nSPS) is 11.9. The quantitative estimate of drug-likeness (QED) is 0.571. The molecule has 0 bridgehead atoms. The Bertz CT molecular complexity index is 415. The summed E-state index contributed by atoms with van der Waals surface area (Å²) in [6.45, 7) is 3.77. The van der Waals surface area contributed by atoms with Crippen LogP contribution < -0.4 is 0 Å². The summed E-state index contributed by atoms with van der Waals surface area (Å²) in [5, 5.41) is 0. The largest absolute Gasteiger partial charge is 0.279 e. The zero-order valence-electron chi connectivity index (χ0n) is 11.0.